The van der Waals surface area contributed by atoms with E-state index in [1.165, 1.54) is 11.9 Å². The summed E-state index contributed by atoms with van der Waals surface area (Å²) in [6.45, 7) is -0.107. The van der Waals surface area contributed by atoms with Crippen LogP contribution in [0.25, 0.3) is 0 Å². The maximum Gasteiger partial charge on any atom is 0.406 e. The predicted molar refractivity (Wildman–Crippen MR) is 113 cm³/mol. The molecule has 0 bridgehead atoms. The van der Waals surface area contributed by atoms with Crippen molar-refractivity contribution >= 4 is 33.4 Å². The minimum absolute atomic E-state index is 0.133. The van der Waals surface area contributed by atoms with E-state index < -0.39 is 18.6 Å². The number of nitrogens with one attached hydrogen (secondary N) is 1. The molecule has 30 heavy (non-hydrogen) atoms. The van der Waals surface area contributed by atoms with E-state index in [0.29, 0.717) is 11.3 Å². The van der Waals surface area contributed by atoms with Crippen molar-refractivity contribution in [2.24, 2.45) is 0 Å². The Hall–Kier alpha value is -2.39. The molecule has 0 radical (unpaired) electrons. The number of hydrogen-bond donors (Lipinski definition) is 1. The molecule has 162 valence electrons. The SMILES string of the molecule is Cc1cc(Br)ccc1NC(=O)CN(C)CC(=O)N(Cc1ccccc1)CC(F)(F)F. The maximum absolute atomic E-state index is 12.9. The van der Waals surface area contributed by atoms with Gasteiger partial charge in [-0.25, -0.2) is 0 Å². The topological polar surface area (TPSA) is 52.7 Å². The molecule has 2 aromatic carbocycles. The summed E-state index contributed by atoms with van der Waals surface area (Å²) in [7, 11) is 1.51. The average Bonchev–Trinajstić information content (AvgIpc) is 2.63. The first-order chi connectivity index (χ1) is 14.0. The molecule has 0 unspecified atom stereocenters. The molecule has 0 atom stereocenters. The molecule has 0 fully saturated rings. The number of nitrogens with zero attached hydrogens (tertiary/aromatic N) is 2. The second kappa shape index (κ2) is 10.6. The molecule has 0 aromatic heterocycles. The van der Waals surface area contributed by atoms with Gasteiger partial charge in [-0.2, -0.15) is 13.2 Å². The summed E-state index contributed by atoms with van der Waals surface area (Å²) in [4.78, 5) is 26.9. The Bertz CT molecular complexity index is 876. The monoisotopic (exact) mass is 485 g/mol. The third-order valence-electron chi connectivity index (χ3n) is 4.22. The van der Waals surface area contributed by atoms with Gasteiger partial charge in [0.05, 0.1) is 13.1 Å². The molecule has 0 aliphatic carbocycles. The van der Waals surface area contributed by atoms with Gasteiger partial charge in [0.15, 0.2) is 0 Å². The summed E-state index contributed by atoms with van der Waals surface area (Å²) < 4.78 is 39.7. The van der Waals surface area contributed by atoms with E-state index in [0.717, 1.165) is 14.9 Å². The fourth-order valence-electron chi connectivity index (χ4n) is 2.84. The largest absolute Gasteiger partial charge is 0.406 e. The van der Waals surface area contributed by atoms with Crippen LogP contribution in [0.2, 0.25) is 0 Å². The van der Waals surface area contributed by atoms with Crippen LogP contribution in [-0.2, 0) is 16.1 Å². The van der Waals surface area contributed by atoms with Gasteiger partial charge in [-0.3, -0.25) is 14.5 Å². The number of carbonyl (C=O) groups is 2. The zero-order chi connectivity index (χ0) is 22.3. The van der Waals surface area contributed by atoms with Gasteiger partial charge >= 0.3 is 6.18 Å². The van der Waals surface area contributed by atoms with Crippen molar-refractivity contribution in [2.45, 2.75) is 19.6 Å². The zero-order valence-corrected chi connectivity index (χ0v) is 18.3. The molecule has 1 N–H and O–H groups in total. The average molecular weight is 486 g/mol. The van der Waals surface area contributed by atoms with E-state index >= 15 is 0 Å². The third kappa shape index (κ3) is 8.16. The van der Waals surface area contributed by atoms with Crippen LogP contribution >= 0.6 is 15.9 Å². The molecule has 0 saturated heterocycles. The van der Waals surface area contributed by atoms with Gasteiger partial charge in [0, 0.05) is 16.7 Å². The molecule has 2 rings (SSSR count). The number of likely N-dealkylation sites (N-methyl/N-ethyl adjacent to an activating group) is 1. The van der Waals surface area contributed by atoms with Crippen LogP contribution in [0.4, 0.5) is 18.9 Å². The van der Waals surface area contributed by atoms with Crippen LogP contribution in [0.3, 0.4) is 0 Å². The van der Waals surface area contributed by atoms with Crippen molar-refractivity contribution < 1.29 is 22.8 Å². The lowest BCUT2D eigenvalue weighted by Gasteiger charge is -2.26. The van der Waals surface area contributed by atoms with Crippen LogP contribution in [0.1, 0.15) is 11.1 Å². The number of carbonyl (C=O) groups excluding carboxylic acids is 2. The van der Waals surface area contributed by atoms with Crippen molar-refractivity contribution in [1.82, 2.24) is 9.80 Å². The van der Waals surface area contributed by atoms with E-state index in [1.807, 2.05) is 13.0 Å². The van der Waals surface area contributed by atoms with Gasteiger partial charge in [-0.1, -0.05) is 46.3 Å². The Morgan fingerprint density at radius 3 is 2.33 bits per heavy atom. The van der Waals surface area contributed by atoms with Crippen LogP contribution in [0, 0.1) is 6.92 Å². The number of hydrogen-bond acceptors (Lipinski definition) is 3. The lowest BCUT2D eigenvalue weighted by atomic mass is 10.2. The summed E-state index contributed by atoms with van der Waals surface area (Å²) in [5.41, 5.74) is 2.09. The molecular weight excluding hydrogens is 463 g/mol. The minimum atomic E-state index is -4.51. The van der Waals surface area contributed by atoms with Crippen molar-refractivity contribution in [3.05, 3.63) is 64.1 Å². The summed E-state index contributed by atoms with van der Waals surface area (Å²) in [6.07, 6.45) is -4.51. The number of rotatable bonds is 8. The Labute approximate surface area is 182 Å². The van der Waals surface area contributed by atoms with Gasteiger partial charge in [-0.05, 0) is 43.3 Å². The molecule has 0 spiro atoms. The Morgan fingerprint density at radius 1 is 1.07 bits per heavy atom. The summed E-state index contributed by atoms with van der Waals surface area (Å²) in [5.74, 6) is -1.06. The Morgan fingerprint density at radius 2 is 1.73 bits per heavy atom. The fraction of sp³-hybridized carbons (Fsp3) is 0.333. The molecule has 2 aromatic rings. The summed E-state index contributed by atoms with van der Waals surface area (Å²) >= 11 is 3.34. The van der Waals surface area contributed by atoms with Crippen molar-refractivity contribution in [1.29, 1.82) is 0 Å². The predicted octanol–water partition coefficient (Wildman–Crippen LogP) is 4.22. The molecule has 0 heterocycles. The molecule has 5 nitrogen and oxygen atoms in total. The quantitative estimate of drug-likeness (QED) is 0.608. The number of amides is 2. The van der Waals surface area contributed by atoms with Crippen molar-refractivity contribution in [3.63, 3.8) is 0 Å². The normalized spacial score (nSPS) is 11.4. The highest BCUT2D eigenvalue weighted by Gasteiger charge is 2.33. The number of anilines is 1. The smallest absolute Gasteiger partial charge is 0.328 e. The van der Waals surface area contributed by atoms with E-state index in [4.69, 9.17) is 0 Å². The molecule has 0 aliphatic rings. The third-order valence-corrected chi connectivity index (χ3v) is 4.71. The first-order valence-corrected chi connectivity index (χ1v) is 9.96. The van der Waals surface area contributed by atoms with Gasteiger partial charge in [0.25, 0.3) is 0 Å². The lowest BCUT2D eigenvalue weighted by molar-refractivity contribution is -0.163. The van der Waals surface area contributed by atoms with Gasteiger partial charge in [-0.15, -0.1) is 0 Å². The van der Waals surface area contributed by atoms with Crippen molar-refractivity contribution in [3.8, 4) is 0 Å². The summed E-state index contributed by atoms with van der Waals surface area (Å²) in [5, 5.41) is 2.74. The standard InChI is InChI=1S/C21H23BrF3N3O2/c1-15-10-17(22)8-9-18(15)26-19(29)12-27(2)13-20(30)28(14-21(23,24)25)11-16-6-4-3-5-7-16/h3-10H,11-14H2,1-2H3,(H,26,29). The number of benzene rings is 2. The minimum Gasteiger partial charge on any atom is -0.328 e. The van der Waals surface area contributed by atoms with Gasteiger partial charge in [0.2, 0.25) is 11.8 Å². The molecular formula is C21H23BrF3N3O2. The van der Waals surface area contributed by atoms with Crippen LogP contribution in [0.5, 0.6) is 0 Å². The first kappa shape index (κ1) is 23.9. The zero-order valence-electron chi connectivity index (χ0n) is 16.7. The van der Waals surface area contributed by atoms with E-state index in [9.17, 15) is 22.8 Å². The maximum atomic E-state index is 12.9. The highest BCUT2D eigenvalue weighted by atomic mass is 79.9. The van der Waals surface area contributed by atoms with Gasteiger partial charge in [0.1, 0.15) is 6.54 Å². The highest BCUT2D eigenvalue weighted by Crippen LogP contribution is 2.20. The second-order valence-corrected chi connectivity index (χ2v) is 7.95. The highest BCUT2D eigenvalue weighted by molar-refractivity contribution is 9.10. The molecule has 9 heteroatoms. The second-order valence-electron chi connectivity index (χ2n) is 7.03. The first-order valence-electron chi connectivity index (χ1n) is 9.16. The van der Waals surface area contributed by atoms with Crippen LogP contribution in [-0.4, -0.2) is 54.5 Å². The van der Waals surface area contributed by atoms with Crippen LogP contribution in [0.15, 0.2) is 53.0 Å². The van der Waals surface area contributed by atoms with E-state index in [-0.39, 0.29) is 25.5 Å². The lowest BCUT2D eigenvalue weighted by Crippen LogP contribution is -2.44. The number of alkyl halides is 3. The Kier molecular flexibility index (Phi) is 8.43. The number of aryl methyl sites for hydroxylation is 1. The van der Waals surface area contributed by atoms with Crippen LogP contribution < -0.4 is 5.32 Å². The molecule has 0 saturated carbocycles. The Balaban J connectivity index is 1.96. The van der Waals surface area contributed by atoms with Gasteiger partial charge < -0.3 is 10.2 Å². The van der Waals surface area contributed by atoms with Crippen molar-refractivity contribution in [2.75, 3.05) is 32.0 Å². The fourth-order valence-corrected chi connectivity index (χ4v) is 3.32. The van der Waals surface area contributed by atoms with E-state index in [1.54, 1.807) is 42.5 Å². The van der Waals surface area contributed by atoms with E-state index in [2.05, 4.69) is 21.2 Å². The number of halogens is 4. The molecule has 0 aliphatic heterocycles. The molecule has 2 amide bonds. The summed E-state index contributed by atoms with van der Waals surface area (Å²) in [6, 6.07) is 13.9.